The first-order chi connectivity index (χ1) is 12.3. The lowest BCUT2D eigenvalue weighted by molar-refractivity contribution is 0.103. The summed E-state index contributed by atoms with van der Waals surface area (Å²) in [5, 5.41) is 3.27. The van der Waals surface area contributed by atoms with Crippen LogP contribution < -0.4 is 11.1 Å². The molecule has 1 fully saturated rings. The van der Waals surface area contributed by atoms with Gasteiger partial charge in [-0.15, -0.1) is 11.3 Å². The molecule has 0 bridgehead atoms. The van der Waals surface area contributed by atoms with Gasteiger partial charge in [0.2, 0.25) is 0 Å². The predicted octanol–water partition coefficient (Wildman–Crippen LogP) is 3.97. The van der Waals surface area contributed by atoms with Gasteiger partial charge in [0.15, 0.2) is 11.6 Å². The molecule has 8 heteroatoms. The number of aliphatic imine (C=N–C) groups is 1. The van der Waals surface area contributed by atoms with Crippen LogP contribution in [-0.2, 0) is 0 Å². The molecule has 0 radical (unpaired) electrons. The summed E-state index contributed by atoms with van der Waals surface area (Å²) in [6.45, 7) is 3.75. The smallest absolute Gasteiger partial charge is 0.267 e. The number of nitrogen functional groups attached to an aromatic ring is 1. The number of carbonyl (C=O) groups is 1. The summed E-state index contributed by atoms with van der Waals surface area (Å²) in [6.07, 6.45) is 1.79. The molecule has 2 aromatic rings. The highest BCUT2D eigenvalue weighted by atomic mass is 32.1. The Kier molecular flexibility index (Phi) is 5.33. The average molecular weight is 378 g/mol. The molecule has 1 aliphatic heterocycles. The number of benzene rings is 1. The highest BCUT2D eigenvalue weighted by molar-refractivity contribution is 7.18. The summed E-state index contributed by atoms with van der Waals surface area (Å²) < 4.78 is 26.3. The van der Waals surface area contributed by atoms with E-state index in [9.17, 15) is 13.6 Å². The first-order valence-electron chi connectivity index (χ1n) is 8.25. The van der Waals surface area contributed by atoms with Gasteiger partial charge in [-0.3, -0.25) is 4.79 Å². The maximum atomic E-state index is 13.3. The van der Waals surface area contributed by atoms with E-state index in [2.05, 4.69) is 22.3 Å². The van der Waals surface area contributed by atoms with Crippen LogP contribution in [0, 0.1) is 18.6 Å². The van der Waals surface area contributed by atoms with Gasteiger partial charge < -0.3 is 16.0 Å². The van der Waals surface area contributed by atoms with Gasteiger partial charge in [0.05, 0.1) is 5.69 Å². The third kappa shape index (κ3) is 3.91. The topological polar surface area (TPSA) is 70.7 Å². The SMILES string of the molecule is Cc1c(N=C2CCN(C)CC2)sc(C(=O)Nc2ccc(F)c(F)c2)c1N. The second-order valence-electron chi connectivity index (χ2n) is 6.34. The van der Waals surface area contributed by atoms with Crippen LogP contribution in [0.3, 0.4) is 0 Å². The van der Waals surface area contributed by atoms with Crippen LogP contribution in [0.25, 0.3) is 0 Å². The number of carbonyl (C=O) groups excluding carboxylic acids is 1. The Morgan fingerprint density at radius 2 is 1.96 bits per heavy atom. The van der Waals surface area contributed by atoms with E-state index < -0.39 is 17.5 Å². The van der Waals surface area contributed by atoms with Gasteiger partial charge in [-0.1, -0.05) is 0 Å². The van der Waals surface area contributed by atoms with E-state index in [0.29, 0.717) is 10.6 Å². The normalized spacial score (nSPS) is 15.2. The molecule has 0 unspecified atom stereocenters. The van der Waals surface area contributed by atoms with Crippen LogP contribution in [0.15, 0.2) is 23.2 Å². The number of thiophene rings is 1. The zero-order chi connectivity index (χ0) is 18.8. The molecule has 26 heavy (non-hydrogen) atoms. The summed E-state index contributed by atoms with van der Waals surface area (Å²) in [6, 6.07) is 3.20. The standard InChI is InChI=1S/C18H20F2N4OS/c1-10-15(21)16(17(25)22-12-3-4-13(19)14(20)9-12)26-18(10)23-11-5-7-24(2)8-6-11/h3-4,9H,5-8,21H2,1-2H3,(H,22,25). The number of nitrogens with two attached hydrogens (primary N) is 1. The summed E-state index contributed by atoms with van der Waals surface area (Å²) >= 11 is 1.21. The fourth-order valence-electron chi connectivity index (χ4n) is 2.68. The van der Waals surface area contributed by atoms with E-state index in [1.54, 1.807) is 0 Å². The number of nitrogens with one attached hydrogen (secondary N) is 1. The van der Waals surface area contributed by atoms with Crippen LogP contribution in [-0.4, -0.2) is 36.7 Å². The van der Waals surface area contributed by atoms with Gasteiger partial charge in [-0.05, 0) is 38.9 Å². The lowest BCUT2D eigenvalue weighted by atomic mass is 10.1. The summed E-state index contributed by atoms with van der Waals surface area (Å²) in [7, 11) is 2.08. The molecule has 3 rings (SSSR count). The third-order valence-corrected chi connectivity index (χ3v) is 5.58. The predicted molar refractivity (Wildman–Crippen MR) is 102 cm³/mol. The van der Waals surface area contributed by atoms with E-state index in [1.807, 2.05) is 6.92 Å². The van der Waals surface area contributed by atoms with E-state index >= 15 is 0 Å². The molecule has 0 saturated carbocycles. The van der Waals surface area contributed by atoms with Crippen LogP contribution in [0.1, 0.15) is 28.1 Å². The van der Waals surface area contributed by atoms with Crippen molar-refractivity contribution in [3.8, 4) is 0 Å². The van der Waals surface area contributed by atoms with Crippen LogP contribution >= 0.6 is 11.3 Å². The Hall–Kier alpha value is -2.32. The number of halogens is 2. The molecule has 1 aliphatic rings. The number of nitrogens with zero attached hydrogens (tertiary/aromatic N) is 2. The number of piperidine rings is 1. The molecule has 1 aromatic carbocycles. The Morgan fingerprint density at radius 1 is 1.27 bits per heavy atom. The Balaban J connectivity index is 1.81. The molecule has 138 valence electrons. The van der Waals surface area contributed by atoms with Crippen molar-refractivity contribution in [1.29, 1.82) is 0 Å². The Morgan fingerprint density at radius 3 is 2.62 bits per heavy atom. The van der Waals surface area contributed by atoms with Crippen molar-refractivity contribution in [2.75, 3.05) is 31.2 Å². The molecule has 1 aromatic heterocycles. The second-order valence-corrected chi connectivity index (χ2v) is 7.34. The summed E-state index contributed by atoms with van der Waals surface area (Å²) in [5.41, 5.74) is 8.47. The van der Waals surface area contributed by atoms with Gasteiger partial charge in [-0.25, -0.2) is 13.8 Å². The zero-order valence-electron chi connectivity index (χ0n) is 14.6. The monoisotopic (exact) mass is 378 g/mol. The van der Waals surface area contributed by atoms with E-state index in [-0.39, 0.29) is 5.69 Å². The molecular formula is C18H20F2N4OS. The average Bonchev–Trinajstić information content (AvgIpc) is 2.89. The number of likely N-dealkylation sites (tertiary alicyclic amines) is 1. The number of hydrogen-bond donors (Lipinski definition) is 2. The van der Waals surface area contributed by atoms with Crippen LogP contribution in [0.4, 0.5) is 25.2 Å². The van der Waals surface area contributed by atoms with Crippen LogP contribution in [0.2, 0.25) is 0 Å². The van der Waals surface area contributed by atoms with Gasteiger partial charge in [0, 0.05) is 36.1 Å². The minimum atomic E-state index is -1.02. The molecule has 3 N–H and O–H groups in total. The van der Waals surface area contributed by atoms with E-state index in [4.69, 9.17) is 5.73 Å². The highest BCUT2D eigenvalue weighted by Gasteiger charge is 2.20. The largest absolute Gasteiger partial charge is 0.397 e. The molecule has 0 spiro atoms. The van der Waals surface area contributed by atoms with E-state index in [0.717, 1.165) is 54.3 Å². The summed E-state index contributed by atoms with van der Waals surface area (Å²) in [5.74, 6) is -2.45. The molecule has 5 nitrogen and oxygen atoms in total. The maximum absolute atomic E-state index is 13.3. The van der Waals surface area contributed by atoms with Crippen molar-refractivity contribution in [2.45, 2.75) is 19.8 Å². The second kappa shape index (κ2) is 7.51. The fraction of sp³-hybridized carbons (Fsp3) is 0.333. The van der Waals surface area contributed by atoms with Crippen molar-refractivity contribution in [3.63, 3.8) is 0 Å². The molecule has 0 atom stereocenters. The lowest BCUT2D eigenvalue weighted by Crippen LogP contribution is -2.30. The van der Waals surface area contributed by atoms with Crippen molar-refractivity contribution < 1.29 is 13.6 Å². The lowest BCUT2D eigenvalue weighted by Gasteiger charge is -2.22. The molecule has 0 aliphatic carbocycles. The Bertz CT molecular complexity index is 868. The number of amides is 1. The Labute approximate surface area is 154 Å². The molecule has 1 amide bonds. The highest BCUT2D eigenvalue weighted by Crippen LogP contribution is 2.38. The molecule has 1 saturated heterocycles. The molecule has 2 heterocycles. The maximum Gasteiger partial charge on any atom is 0.267 e. The van der Waals surface area contributed by atoms with Gasteiger partial charge >= 0.3 is 0 Å². The van der Waals surface area contributed by atoms with Crippen molar-refractivity contribution in [1.82, 2.24) is 4.90 Å². The van der Waals surface area contributed by atoms with Gasteiger partial charge in [-0.2, -0.15) is 0 Å². The van der Waals surface area contributed by atoms with Crippen LogP contribution in [0.5, 0.6) is 0 Å². The van der Waals surface area contributed by atoms with Gasteiger partial charge in [0.1, 0.15) is 9.88 Å². The first-order valence-corrected chi connectivity index (χ1v) is 9.07. The number of rotatable bonds is 3. The first kappa shape index (κ1) is 18.5. The van der Waals surface area contributed by atoms with E-state index in [1.165, 1.54) is 17.4 Å². The third-order valence-electron chi connectivity index (χ3n) is 4.38. The fourth-order valence-corrected chi connectivity index (χ4v) is 3.72. The number of anilines is 2. The summed E-state index contributed by atoms with van der Waals surface area (Å²) in [4.78, 5) is 19.7. The van der Waals surface area contributed by atoms with Crippen molar-refractivity contribution in [2.24, 2.45) is 4.99 Å². The number of hydrogen-bond acceptors (Lipinski definition) is 5. The minimum Gasteiger partial charge on any atom is -0.397 e. The van der Waals surface area contributed by atoms with Gasteiger partial charge in [0.25, 0.3) is 5.91 Å². The quantitative estimate of drug-likeness (QED) is 0.849. The van der Waals surface area contributed by atoms with Crippen molar-refractivity contribution in [3.05, 3.63) is 40.3 Å². The van der Waals surface area contributed by atoms with Crippen molar-refractivity contribution >= 4 is 39.3 Å². The zero-order valence-corrected chi connectivity index (χ0v) is 15.4. The molecular weight excluding hydrogens is 358 g/mol. The minimum absolute atomic E-state index is 0.169.